The third kappa shape index (κ3) is 5.46. The zero-order valence-corrected chi connectivity index (χ0v) is 23.8. The monoisotopic (exact) mass is 566 g/mol. The topological polar surface area (TPSA) is 111 Å². The van der Waals surface area contributed by atoms with Crippen LogP contribution in [-0.4, -0.2) is 119 Å². The molecule has 0 radical (unpaired) electrons. The molecule has 7 rings (SSSR count). The Morgan fingerprint density at radius 3 is 1.45 bits per heavy atom. The minimum atomic E-state index is 0.215. The lowest BCUT2D eigenvalue weighted by Crippen LogP contribution is -2.47. The van der Waals surface area contributed by atoms with Crippen molar-refractivity contribution >= 4 is 33.4 Å². The number of H-pyrrole nitrogens is 2. The highest BCUT2D eigenvalue weighted by Gasteiger charge is 2.19. The minimum absolute atomic E-state index is 0.215. The minimum Gasteiger partial charge on any atom is -0.395 e. The number of rotatable bonds is 8. The van der Waals surface area contributed by atoms with E-state index in [0.29, 0.717) is 0 Å². The molecule has 2 fully saturated rings. The van der Waals surface area contributed by atoms with Crippen LogP contribution < -0.4 is 9.80 Å². The molecule has 0 amide bonds. The number of aliphatic hydroxyl groups is 2. The zero-order valence-electron chi connectivity index (χ0n) is 23.8. The van der Waals surface area contributed by atoms with Crippen LogP contribution in [-0.2, 0) is 0 Å². The van der Waals surface area contributed by atoms with Crippen LogP contribution in [0.2, 0.25) is 0 Å². The maximum Gasteiger partial charge on any atom is 0.138 e. The SMILES string of the molecule is OCCN1CCN(c2ccc3nc(-c4cccc(-c5nc6ccc(N7CCN(CCO)CC7)cc6[nH]5)c4)[nH]c3c2)CC1. The average molecular weight is 567 g/mol. The van der Waals surface area contributed by atoms with Gasteiger partial charge in [0.2, 0.25) is 0 Å². The first-order chi connectivity index (χ1) is 20.7. The number of anilines is 2. The van der Waals surface area contributed by atoms with Crippen molar-refractivity contribution in [3.63, 3.8) is 0 Å². The van der Waals surface area contributed by atoms with E-state index in [1.807, 2.05) is 0 Å². The smallest absolute Gasteiger partial charge is 0.138 e. The van der Waals surface area contributed by atoms with E-state index in [0.717, 1.165) is 110 Å². The van der Waals surface area contributed by atoms with Gasteiger partial charge in [-0.1, -0.05) is 18.2 Å². The van der Waals surface area contributed by atoms with Gasteiger partial charge in [-0.3, -0.25) is 9.80 Å². The summed E-state index contributed by atoms with van der Waals surface area (Å²) in [5, 5.41) is 18.5. The molecule has 3 aromatic carbocycles. The molecule has 218 valence electrons. The van der Waals surface area contributed by atoms with Crippen LogP contribution in [0.1, 0.15) is 0 Å². The van der Waals surface area contributed by atoms with Gasteiger partial charge in [0.05, 0.1) is 35.3 Å². The molecule has 0 saturated carbocycles. The standard InChI is InChI=1S/C32H38N8O2/c41-18-16-37-8-12-39(13-9-37)25-4-6-27-29(21-25)35-31(33-27)23-2-1-3-24(20-23)32-34-28-7-5-26(22-30(28)36-32)40-14-10-38(11-15-40)17-19-42/h1-7,20-22,41-42H,8-19H2,(H,33,35)(H,34,36). The number of hydrogen-bond acceptors (Lipinski definition) is 8. The van der Waals surface area contributed by atoms with Gasteiger partial charge < -0.3 is 30.0 Å². The van der Waals surface area contributed by atoms with Crippen molar-refractivity contribution in [2.75, 3.05) is 88.5 Å². The number of nitrogens with zero attached hydrogens (tertiary/aromatic N) is 6. The summed E-state index contributed by atoms with van der Waals surface area (Å²) < 4.78 is 0. The summed E-state index contributed by atoms with van der Waals surface area (Å²) >= 11 is 0. The molecular formula is C32H38N8O2. The second-order valence-electron chi connectivity index (χ2n) is 11.3. The van der Waals surface area contributed by atoms with Crippen LogP contribution in [0.5, 0.6) is 0 Å². The van der Waals surface area contributed by atoms with Crippen LogP contribution in [0.15, 0.2) is 60.7 Å². The van der Waals surface area contributed by atoms with Gasteiger partial charge >= 0.3 is 0 Å². The highest BCUT2D eigenvalue weighted by atomic mass is 16.3. The van der Waals surface area contributed by atoms with Crippen LogP contribution >= 0.6 is 0 Å². The highest BCUT2D eigenvalue weighted by molar-refractivity contribution is 5.85. The predicted octanol–water partition coefficient (Wildman–Crippen LogP) is 3.00. The van der Waals surface area contributed by atoms with E-state index in [2.05, 4.69) is 90.2 Å². The molecule has 2 saturated heterocycles. The Bertz CT molecular complexity index is 1540. The predicted molar refractivity (Wildman–Crippen MR) is 168 cm³/mol. The van der Waals surface area contributed by atoms with Crippen molar-refractivity contribution < 1.29 is 10.2 Å². The Morgan fingerprint density at radius 2 is 1.02 bits per heavy atom. The van der Waals surface area contributed by atoms with E-state index in [4.69, 9.17) is 9.97 Å². The quantitative estimate of drug-likeness (QED) is 0.227. The van der Waals surface area contributed by atoms with Crippen molar-refractivity contribution in [1.82, 2.24) is 29.7 Å². The Kier molecular flexibility index (Phi) is 7.52. The fourth-order valence-electron chi connectivity index (χ4n) is 6.22. The van der Waals surface area contributed by atoms with E-state index >= 15 is 0 Å². The lowest BCUT2D eigenvalue weighted by Gasteiger charge is -2.35. The van der Waals surface area contributed by atoms with E-state index in [9.17, 15) is 10.2 Å². The Morgan fingerprint density at radius 1 is 0.571 bits per heavy atom. The summed E-state index contributed by atoms with van der Waals surface area (Å²) in [6.45, 7) is 9.59. The molecule has 2 aromatic heterocycles. The van der Waals surface area contributed by atoms with Crippen molar-refractivity contribution in [3.8, 4) is 22.8 Å². The summed E-state index contributed by atoms with van der Waals surface area (Å²) in [6, 6.07) is 21.2. The van der Waals surface area contributed by atoms with Gasteiger partial charge in [-0.05, 0) is 42.5 Å². The Balaban J connectivity index is 1.09. The van der Waals surface area contributed by atoms with E-state index in [-0.39, 0.29) is 13.2 Å². The molecule has 0 atom stereocenters. The number of hydrogen-bond donors (Lipinski definition) is 4. The van der Waals surface area contributed by atoms with Crippen molar-refractivity contribution in [1.29, 1.82) is 0 Å². The van der Waals surface area contributed by atoms with Gasteiger partial charge in [0, 0.05) is 87.9 Å². The normalized spacial score (nSPS) is 17.1. The summed E-state index contributed by atoms with van der Waals surface area (Å²) in [5.41, 5.74) is 8.39. The molecule has 4 heterocycles. The molecule has 4 N–H and O–H groups in total. The fourth-order valence-corrected chi connectivity index (χ4v) is 6.22. The molecule has 0 aliphatic carbocycles. The Hall–Kier alpha value is -3.96. The van der Waals surface area contributed by atoms with E-state index in [1.165, 1.54) is 11.4 Å². The molecule has 0 unspecified atom stereocenters. The molecule has 10 heteroatoms. The van der Waals surface area contributed by atoms with Gasteiger partial charge in [-0.25, -0.2) is 9.97 Å². The fraction of sp³-hybridized carbons (Fsp3) is 0.375. The summed E-state index contributed by atoms with van der Waals surface area (Å²) in [5.74, 6) is 1.69. The van der Waals surface area contributed by atoms with E-state index < -0.39 is 0 Å². The molecule has 0 spiro atoms. The van der Waals surface area contributed by atoms with Crippen LogP contribution in [0.4, 0.5) is 11.4 Å². The second-order valence-corrected chi connectivity index (χ2v) is 11.3. The second kappa shape index (κ2) is 11.7. The third-order valence-corrected chi connectivity index (χ3v) is 8.65. The summed E-state index contributed by atoms with van der Waals surface area (Å²) in [4.78, 5) is 26.3. The zero-order chi connectivity index (χ0) is 28.5. The maximum atomic E-state index is 9.23. The van der Waals surface area contributed by atoms with Gasteiger partial charge in [0.25, 0.3) is 0 Å². The molecule has 2 aliphatic heterocycles. The first-order valence-corrected chi connectivity index (χ1v) is 14.9. The third-order valence-electron chi connectivity index (χ3n) is 8.65. The van der Waals surface area contributed by atoms with Gasteiger partial charge in [-0.15, -0.1) is 0 Å². The molecule has 0 bridgehead atoms. The average Bonchev–Trinajstić information content (AvgIpc) is 3.66. The first kappa shape index (κ1) is 26.9. The Labute approximate surface area is 245 Å². The highest BCUT2D eigenvalue weighted by Crippen LogP contribution is 2.29. The molecular weight excluding hydrogens is 528 g/mol. The lowest BCUT2D eigenvalue weighted by molar-refractivity contribution is 0.188. The number of aromatic nitrogens is 4. The maximum absolute atomic E-state index is 9.23. The largest absolute Gasteiger partial charge is 0.395 e. The summed E-state index contributed by atoms with van der Waals surface area (Å²) in [6.07, 6.45) is 0. The van der Waals surface area contributed by atoms with Crippen LogP contribution in [0.25, 0.3) is 44.8 Å². The molecule has 5 aromatic rings. The van der Waals surface area contributed by atoms with Crippen molar-refractivity contribution in [3.05, 3.63) is 60.7 Å². The van der Waals surface area contributed by atoms with Gasteiger partial charge in [0.1, 0.15) is 11.6 Å². The molecule has 2 aliphatic rings. The number of fused-ring (bicyclic) bond motifs is 2. The van der Waals surface area contributed by atoms with Crippen molar-refractivity contribution in [2.24, 2.45) is 0 Å². The van der Waals surface area contributed by atoms with E-state index in [1.54, 1.807) is 0 Å². The first-order valence-electron chi connectivity index (χ1n) is 14.9. The van der Waals surface area contributed by atoms with Gasteiger partial charge in [-0.2, -0.15) is 0 Å². The van der Waals surface area contributed by atoms with Crippen LogP contribution in [0, 0.1) is 0 Å². The molecule has 42 heavy (non-hydrogen) atoms. The number of nitrogens with one attached hydrogen (secondary N) is 2. The summed E-state index contributed by atoms with van der Waals surface area (Å²) in [7, 11) is 0. The number of β-amino-alcohol motifs (C(OH)–C–C–N with tert-alkyl or cyclic N) is 2. The van der Waals surface area contributed by atoms with Crippen molar-refractivity contribution in [2.45, 2.75) is 0 Å². The number of aromatic amines is 2. The number of piperazine rings is 2. The van der Waals surface area contributed by atoms with Gasteiger partial charge in [0.15, 0.2) is 0 Å². The lowest BCUT2D eigenvalue weighted by atomic mass is 10.1. The number of aliphatic hydroxyl groups excluding tert-OH is 2. The van der Waals surface area contributed by atoms with Crippen LogP contribution in [0.3, 0.4) is 0 Å². The number of imidazole rings is 2. The molecule has 10 nitrogen and oxygen atoms in total. The number of benzene rings is 3.